The van der Waals surface area contributed by atoms with Gasteiger partial charge >= 0.3 is 0 Å². The third kappa shape index (κ3) is 7.75. The van der Waals surface area contributed by atoms with Crippen LogP contribution in [-0.4, -0.2) is 62.7 Å². The minimum atomic E-state index is 0. The topological polar surface area (TPSA) is 55.8 Å². The van der Waals surface area contributed by atoms with Crippen molar-refractivity contribution < 1.29 is 0 Å². The van der Waals surface area contributed by atoms with Crippen molar-refractivity contribution in [3.63, 3.8) is 0 Å². The fourth-order valence-corrected chi connectivity index (χ4v) is 4.17. The molecule has 2 N–H and O–H groups in total. The van der Waals surface area contributed by atoms with Crippen molar-refractivity contribution in [3.8, 4) is 0 Å². The van der Waals surface area contributed by atoms with E-state index in [2.05, 4.69) is 74.0 Å². The highest BCUT2D eigenvalue weighted by Gasteiger charge is 2.15. The zero-order chi connectivity index (χ0) is 19.8. The summed E-state index contributed by atoms with van der Waals surface area (Å²) in [6, 6.07) is 8.58. The van der Waals surface area contributed by atoms with Gasteiger partial charge in [0.15, 0.2) is 5.96 Å². The molecule has 0 bridgehead atoms. The number of guanidine groups is 1. The molecule has 1 unspecified atom stereocenters. The molecule has 0 aliphatic carbocycles. The fraction of sp³-hybridized carbons (Fsp3) is 0.524. The highest BCUT2D eigenvalue weighted by molar-refractivity contribution is 14.0. The predicted octanol–water partition coefficient (Wildman–Crippen LogP) is 3.06. The summed E-state index contributed by atoms with van der Waals surface area (Å²) in [5.74, 6) is 2.47. The second-order valence-electron chi connectivity index (χ2n) is 7.51. The molecule has 1 atom stereocenters. The maximum atomic E-state index is 4.57. The lowest BCUT2D eigenvalue weighted by Gasteiger charge is -2.33. The van der Waals surface area contributed by atoms with E-state index in [-0.39, 0.29) is 24.0 Å². The number of aromatic nitrogens is 1. The van der Waals surface area contributed by atoms with Gasteiger partial charge in [-0.1, -0.05) is 13.0 Å². The van der Waals surface area contributed by atoms with Gasteiger partial charge < -0.3 is 20.4 Å². The van der Waals surface area contributed by atoms with Crippen molar-refractivity contribution >= 4 is 47.1 Å². The highest BCUT2D eigenvalue weighted by atomic mass is 127. The van der Waals surface area contributed by atoms with Gasteiger partial charge in [-0.25, -0.2) is 4.98 Å². The van der Waals surface area contributed by atoms with Crippen LogP contribution in [0.25, 0.3) is 0 Å². The van der Waals surface area contributed by atoms with E-state index in [1.165, 1.54) is 10.4 Å². The standard InChI is InChI=1S/C21H32N6S.HI/c1-17(13-19-5-4-12-28-19)15-24-21(22-2)25-16-18-6-7-23-20(14-18)27-10-8-26(3)9-11-27;/h4-7,12,14,17H,8-11,13,15-16H2,1-3H3,(H2,22,24,25);1H. The smallest absolute Gasteiger partial charge is 0.191 e. The number of piperazine rings is 1. The van der Waals surface area contributed by atoms with E-state index in [0.717, 1.165) is 57.5 Å². The molecule has 29 heavy (non-hydrogen) atoms. The van der Waals surface area contributed by atoms with Gasteiger partial charge in [0.1, 0.15) is 5.82 Å². The lowest BCUT2D eigenvalue weighted by Crippen LogP contribution is -2.44. The number of aliphatic imine (C=N–C) groups is 1. The van der Waals surface area contributed by atoms with Gasteiger partial charge in [0, 0.05) is 57.4 Å². The molecule has 0 saturated carbocycles. The first-order valence-corrected chi connectivity index (χ1v) is 10.9. The van der Waals surface area contributed by atoms with Crippen molar-refractivity contribution in [2.45, 2.75) is 19.9 Å². The van der Waals surface area contributed by atoms with Gasteiger partial charge in [-0.3, -0.25) is 4.99 Å². The minimum absolute atomic E-state index is 0. The summed E-state index contributed by atoms with van der Waals surface area (Å²) in [6.07, 6.45) is 3.00. The maximum Gasteiger partial charge on any atom is 0.191 e. The molecule has 2 aromatic rings. The molecule has 0 amide bonds. The van der Waals surface area contributed by atoms with Crippen molar-refractivity contribution in [1.82, 2.24) is 20.5 Å². The van der Waals surface area contributed by atoms with E-state index in [4.69, 9.17) is 0 Å². The van der Waals surface area contributed by atoms with E-state index in [1.54, 1.807) is 0 Å². The Morgan fingerprint density at radius 3 is 2.72 bits per heavy atom. The van der Waals surface area contributed by atoms with Crippen LogP contribution >= 0.6 is 35.3 Å². The molecule has 1 aliphatic heterocycles. The predicted molar refractivity (Wildman–Crippen MR) is 135 cm³/mol. The first-order chi connectivity index (χ1) is 13.6. The van der Waals surface area contributed by atoms with E-state index in [1.807, 2.05) is 24.6 Å². The van der Waals surface area contributed by atoms with Crippen LogP contribution in [-0.2, 0) is 13.0 Å². The highest BCUT2D eigenvalue weighted by Crippen LogP contribution is 2.15. The Balaban J connectivity index is 0.00000300. The number of anilines is 1. The lowest BCUT2D eigenvalue weighted by molar-refractivity contribution is 0.312. The minimum Gasteiger partial charge on any atom is -0.356 e. The number of hydrogen-bond acceptors (Lipinski definition) is 5. The van der Waals surface area contributed by atoms with Crippen LogP contribution in [0, 0.1) is 5.92 Å². The summed E-state index contributed by atoms with van der Waals surface area (Å²) >= 11 is 1.83. The van der Waals surface area contributed by atoms with Crippen molar-refractivity contribution in [2.24, 2.45) is 10.9 Å². The average molecular weight is 529 g/mol. The van der Waals surface area contributed by atoms with Gasteiger partial charge in [-0.05, 0) is 48.5 Å². The first kappa shape index (κ1) is 23.9. The Labute approximate surface area is 195 Å². The Kier molecular flexibility index (Phi) is 10.2. The molecule has 3 heterocycles. The maximum absolute atomic E-state index is 4.57. The molecule has 8 heteroatoms. The van der Waals surface area contributed by atoms with Crippen LogP contribution in [0.2, 0.25) is 0 Å². The number of pyridine rings is 1. The number of halogens is 1. The molecular weight excluding hydrogens is 495 g/mol. The Morgan fingerprint density at radius 1 is 1.24 bits per heavy atom. The molecular formula is C21H33IN6S. The van der Waals surface area contributed by atoms with Crippen LogP contribution in [0.5, 0.6) is 0 Å². The molecule has 6 nitrogen and oxygen atoms in total. The molecule has 0 radical (unpaired) electrons. The van der Waals surface area contributed by atoms with Crippen LogP contribution in [0.1, 0.15) is 17.4 Å². The van der Waals surface area contributed by atoms with Gasteiger partial charge in [-0.15, -0.1) is 35.3 Å². The molecule has 2 aromatic heterocycles. The summed E-state index contributed by atoms with van der Waals surface area (Å²) in [5, 5.41) is 9.01. The summed E-state index contributed by atoms with van der Waals surface area (Å²) in [6.45, 7) is 8.15. The number of rotatable bonds is 7. The Bertz CT molecular complexity index is 743. The number of nitrogens with zero attached hydrogens (tertiary/aromatic N) is 4. The summed E-state index contributed by atoms with van der Waals surface area (Å²) < 4.78 is 0. The van der Waals surface area contributed by atoms with E-state index < -0.39 is 0 Å². The average Bonchev–Trinajstić information content (AvgIpc) is 3.22. The van der Waals surface area contributed by atoms with Crippen molar-refractivity contribution in [3.05, 3.63) is 46.3 Å². The fourth-order valence-electron chi connectivity index (χ4n) is 3.30. The van der Waals surface area contributed by atoms with Crippen LogP contribution in [0.4, 0.5) is 5.82 Å². The summed E-state index contributed by atoms with van der Waals surface area (Å²) in [5.41, 5.74) is 1.22. The Hall–Kier alpha value is -1.39. The molecule has 160 valence electrons. The summed E-state index contributed by atoms with van der Waals surface area (Å²) in [7, 11) is 3.99. The molecule has 1 fully saturated rings. The SMILES string of the molecule is CN=C(NCc1ccnc(N2CCN(C)CC2)c1)NCC(C)Cc1cccs1.I. The van der Waals surface area contributed by atoms with Crippen LogP contribution in [0.3, 0.4) is 0 Å². The molecule has 1 saturated heterocycles. The monoisotopic (exact) mass is 528 g/mol. The first-order valence-electron chi connectivity index (χ1n) is 9.99. The second-order valence-corrected chi connectivity index (χ2v) is 8.54. The zero-order valence-corrected chi connectivity index (χ0v) is 20.7. The third-order valence-electron chi connectivity index (χ3n) is 5.07. The molecule has 3 rings (SSSR count). The third-order valence-corrected chi connectivity index (χ3v) is 5.97. The zero-order valence-electron chi connectivity index (χ0n) is 17.6. The van der Waals surface area contributed by atoms with Gasteiger partial charge in [-0.2, -0.15) is 0 Å². The Morgan fingerprint density at radius 2 is 2.03 bits per heavy atom. The second kappa shape index (κ2) is 12.3. The van der Waals surface area contributed by atoms with E-state index in [0.29, 0.717) is 5.92 Å². The number of hydrogen-bond donors (Lipinski definition) is 2. The largest absolute Gasteiger partial charge is 0.356 e. The van der Waals surface area contributed by atoms with Crippen molar-refractivity contribution in [2.75, 3.05) is 51.7 Å². The molecule has 0 spiro atoms. The van der Waals surface area contributed by atoms with Gasteiger partial charge in [0.25, 0.3) is 0 Å². The number of thiophene rings is 1. The summed E-state index contributed by atoms with van der Waals surface area (Å²) in [4.78, 5) is 15.1. The van der Waals surface area contributed by atoms with E-state index in [9.17, 15) is 0 Å². The van der Waals surface area contributed by atoms with E-state index >= 15 is 0 Å². The van der Waals surface area contributed by atoms with Crippen LogP contribution in [0.15, 0.2) is 40.8 Å². The van der Waals surface area contributed by atoms with Crippen LogP contribution < -0.4 is 15.5 Å². The van der Waals surface area contributed by atoms with Crippen molar-refractivity contribution in [1.29, 1.82) is 0 Å². The number of nitrogens with one attached hydrogen (secondary N) is 2. The van der Waals surface area contributed by atoms with Gasteiger partial charge in [0.2, 0.25) is 0 Å². The quantitative estimate of drug-likeness (QED) is 0.329. The molecule has 0 aromatic carbocycles. The normalized spacial score (nSPS) is 16.2. The molecule has 1 aliphatic rings. The lowest BCUT2D eigenvalue weighted by atomic mass is 10.1. The van der Waals surface area contributed by atoms with Gasteiger partial charge in [0.05, 0.1) is 0 Å². The number of likely N-dealkylation sites (N-methyl/N-ethyl adjacent to an activating group) is 1.